The Labute approximate surface area is 198 Å². The highest BCUT2D eigenvalue weighted by Gasteiger charge is 2.27. The van der Waals surface area contributed by atoms with Gasteiger partial charge < -0.3 is 19.9 Å². The van der Waals surface area contributed by atoms with E-state index in [1.807, 2.05) is 18.7 Å². The normalized spacial score (nSPS) is 20.3. The molecule has 2 atom stereocenters. The van der Waals surface area contributed by atoms with Gasteiger partial charge in [0.05, 0.1) is 17.1 Å². The summed E-state index contributed by atoms with van der Waals surface area (Å²) in [5.41, 5.74) is 2.17. The monoisotopic (exact) mass is 466 g/mol. The fraction of sp³-hybridized carbons (Fsp3) is 0.440. The van der Waals surface area contributed by atoms with Crippen molar-refractivity contribution in [1.29, 1.82) is 0 Å². The Bertz CT molecular complexity index is 1060. The summed E-state index contributed by atoms with van der Waals surface area (Å²) in [7, 11) is 0. The molecule has 1 N–H and O–H groups in total. The number of amides is 2. The standard InChI is InChI=1S/C25H30N4O5/c1-17-15-28(16-18(2)34-17)25(31)20-7-5-19(6-8-20)14-26-24(30)21-9-10-22(23(13-21)29(32)33)27-11-3-4-12-27/h5-10,13,17-18H,3-4,11-12,14-16H2,1-2H3,(H,26,30). The van der Waals surface area contributed by atoms with Crippen molar-refractivity contribution < 1.29 is 19.2 Å². The minimum absolute atomic E-state index is 0.00225. The molecule has 2 aliphatic heterocycles. The number of ether oxygens (including phenoxy) is 1. The number of morpholine rings is 1. The van der Waals surface area contributed by atoms with E-state index in [9.17, 15) is 19.7 Å². The summed E-state index contributed by atoms with van der Waals surface area (Å²) in [5, 5.41) is 14.4. The lowest BCUT2D eigenvalue weighted by Crippen LogP contribution is -2.48. The van der Waals surface area contributed by atoms with Gasteiger partial charge in [-0.1, -0.05) is 12.1 Å². The highest BCUT2D eigenvalue weighted by Crippen LogP contribution is 2.31. The van der Waals surface area contributed by atoms with Crippen molar-refractivity contribution in [2.24, 2.45) is 0 Å². The lowest BCUT2D eigenvalue weighted by Gasteiger charge is -2.35. The predicted octanol–water partition coefficient (Wildman–Crippen LogP) is 3.37. The molecule has 2 aromatic carbocycles. The number of carbonyl (C=O) groups is 2. The number of carbonyl (C=O) groups excluding carboxylic acids is 2. The molecule has 9 nitrogen and oxygen atoms in total. The van der Waals surface area contributed by atoms with Crippen LogP contribution in [0, 0.1) is 10.1 Å². The largest absolute Gasteiger partial charge is 0.372 e. The summed E-state index contributed by atoms with van der Waals surface area (Å²) in [5.74, 6) is -0.421. The zero-order chi connectivity index (χ0) is 24.2. The number of nitrogens with zero attached hydrogens (tertiary/aromatic N) is 3. The number of anilines is 1. The third kappa shape index (κ3) is 5.36. The van der Waals surface area contributed by atoms with Crippen LogP contribution in [0.2, 0.25) is 0 Å². The number of benzene rings is 2. The molecule has 2 heterocycles. The molecule has 2 amide bonds. The third-order valence-electron chi connectivity index (χ3n) is 6.24. The van der Waals surface area contributed by atoms with Gasteiger partial charge >= 0.3 is 0 Å². The van der Waals surface area contributed by atoms with Crippen LogP contribution >= 0.6 is 0 Å². The minimum atomic E-state index is -0.434. The molecule has 0 radical (unpaired) electrons. The molecular weight excluding hydrogens is 436 g/mol. The second-order valence-corrected chi connectivity index (χ2v) is 9.00. The predicted molar refractivity (Wildman–Crippen MR) is 128 cm³/mol. The zero-order valence-corrected chi connectivity index (χ0v) is 19.5. The summed E-state index contributed by atoms with van der Waals surface area (Å²) in [6, 6.07) is 11.7. The summed E-state index contributed by atoms with van der Waals surface area (Å²) < 4.78 is 5.69. The molecule has 0 saturated carbocycles. The summed E-state index contributed by atoms with van der Waals surface area (Å²) in [6.45, 7) is 6.85. The van der Waals surface area contributed by atoms with Gasteiger partial charge in [-0.2, -0.15) is 0 Å². The maximum Gasteiger partial charge on any atom is 0.293 e. The molecule has 2 unspecified atom stereocenters. The molecule has 34 heavy (non-hydrogen) atoms. The molecular formula is C25H30N4O5. The second kappa shape index (κ2) is 10.2. The van der Waals surface area contributed by atoms with Crippen LogP contribution in [0.4, 0.5) is 11.4 Å². The summed E-state index contributed by atoms with van der Waals surface area (Å²) in [4.78, 5) is 40.4. The van der Waals surface area contributed by atoms with Gasteiger partial charge in [-0.05, 0) is 56.5 Å². The van der Waals surface area contributed by atoms with Crippen molar-refractivity contribution in [3.63, 3.8) is 0 Å². The Morgan fingerprint density at radius 2 is 1.65 bits per heavy atom. The molecule has 2 fully saturated rings. The van der Waals surface area contributed by atoms with Crippen LogP contribution in [0.5, 0.6) is 0 Å². The summed E-state index contributed by atoms with van der Waals surface area (Å²) >= 11 is 0. The third-order valence-corrected chi connectivity index (χ3v) is 6.24. The lowest BCUT2D eigenvalue weighted by atomic mass is 10.1. The molecule has 0 spiro atoms. The molecule has 2 saturated heterocycles. The molecule has 0 aliphatic carbocycles. The van der Waals surface area contributed by atoms with Crippen molar-refractivity contribution in [3.05, 3.63) is 69.3 Å². The molecule has 0 aromatic heterocycles. The maximum atomic E-state index is 12.8. The Balaban J connectivity index is 1.38. The van der Waals surface area contributed by atoms with Crippen LogP contribution in [0.1, 0.15) is 53.0 Å². The van der Waals surface area contributed by atoms with Crippen molar-refractivity contribution in [2.75, 3.05) is 31.1 Å². The average Bonchev–Trinajstić information content (AvgIpc) is 3.36. The molecule has 9 heteroatoms. The van der Waals surface area contributed by atoms with E-state index in [0.717, 1.165) is 31.5 Å². The van der Waals surface area contributed by atoms with E-state index < -0.39 is 4.92 Å². The number of hydrogen-bond donors (Lipinski definition) is 1. The van der Waals surface area contributed by atoms with Crippen molar-refractivity contribution in [3.8, 4) is 0 Å². The van der Waals surface area contributed by atoms with Crippen LogP contribution in [0.15, 0.2) is 42.5 Å². The molecule has 4 rings (SSSR count). The van der Waals surface area contributed by atoms with E-state index >= 15 is 0 Å². The highest BCUT2D eigenvalue weighted by molar-refractivity contribution is 5.96. The fourth-order valence-corrected chi connectivity index (χ4v) is 4.61. The van der Waals surface area contributed by atoms with Crippen molar-refractivity contribution in [2.45, 2.75) is 45.4 Å². The van der Waals surface area contributed by atoms with Gasteiger partial charge in [0.1, 0.15) is 5.69 Å². The van der Waals surface area contributed by atoms with Crippen molar-refractivity contribution in [1.82, 2.24) is 10.2 Å². The number of hydrogen-bond acceptors (Lipinski definition) is 6. The average molecular weight is 467 g/mol. The van der Waals surface area contributed by atoms with E-state index in [2.05, 4.69) is 5.32 Å². The van der Waals surface area contributed by atoms with Gasteiger partial charge in [-0.25, -0.2) is 0 Å². The lowest BCUT2D eigenvalue weighted by molar-refractivity contribution is -0.384. The van der Waals surface area contributed by atoms with Gasteiger partial charge in [0.2, 0.25) is 0 Å². The first-order chi connectivity index (χ1) is 16.3. The molecule has 2 aliphatic rings. The number of rotatable bonds is 6. The van der Waals surface area contributed by atoms with Crippen molar-refractivity contribution >= 4 is 23.2 Å². The van der Waals surface area contributed by atoms with E-state index in [-0.39, 0.29) is 41.8 Å². The smallest absolute Gasteiger partial charge is 0.293 e. The van der Waals surface area contributed by atoms with E-state index in [1.165, 1.54) is 6.07 Å². The number of nitrogens with one attached hydrogen (secondary N) is 1. The SMILES string of the molecule is CC1CN(C(=O)c2ccc(CNC(=O)c3ccc(N4CCCC4)c([N+](=O)[O-])c3)cc2)CC(C)O1. The first-order valence-electron chi connectivity index (χ1n) is 11.7. The minimum Gasteiger partial charge on any atom is -0.372 e. The van der Waals surface area contributed by atoms with Crippen LogP contribution in [0.3, 0.4) is 0 Å². The molecule has 180 valence electrons. The maximum absolute atomic E-state index is 12.8. The highest BCUT2D eigenvalue weighted by atomic mass is 16.6. The number of nitro benzene ring substituents is 1. The van der Waals surface area contributed by atoms with E-state index in [4.69, 9.17) is 4.74 Å². The Morgan fingerprint density at radius 1 is 1.03 bits per heavy atom. The van der Waals surface area contributed by atoms with Gasteiger partial charge in [-0.3, -0.25) is 19.7 Å². The van der Waals surface area contributed by atoms with Gasteiger partial charge in [0.25, 0.3) is 17.5 Å². The van der Waals surface area contributed by atoms with Gasteiger partial charge in [0, 0.05) is 49.9 Å². The Morgan fingerprint density at radius 3 is 2.26 bits per heavy atom. The fourth-order valence-electron chi connectivity index (χ4n) is 4.61. The van der Waals surface area contributed by atoms with Crippen LogP contribution in [0.25, 0.3) is 0 Å². The Hall–Kier alpha value is -3.46. The topological polar surface area (TPSA) is 105 Å². The number of nitro groups is 1. The Kier molecular flexibility index (Phi) is 7.12. The quantitative estimate of drug-likeness (QED) is 0.517. The van der Waals surface area contributed by atoms with E-state index in [0.29, 0.717) is 24.3 Å². The second-order valence-electron chi connectivity index (χ2n) is 9.00. The first kappa shape index (κ1) is 23.7. The first-order valence-corrected chi connectivity index (χ1v) is 11.7. The van der Waals surface area contributed by atoms with Crippen LogP contribution < -0.4 is 10.2 Å². The van der Waals surface area contributed by atoms with Crippen LogP contribution in [-0.4, -0.2) is 60.0 Å². The molecule has 2 aromatic rings. The van der Waals surface area contributed by atoms with Crippen LogP contribution in [-0.2, 0) is 11.3 Å². The molecule has 0 bridgehead atoms. The zero-order valence-electron chi connectivity index (χ0n) is 19.5. The van der Waals surface area contributed by atoms with Gasteiger partial charge in [0.15, 0.2) is 0 Å². The summed E-state index contributed by atoms with van der Waals surface area (Å²) in [6.07, 6.45) is 2.02. The van der Waals surface area contributed by atoms with E-state index in [1.54, 1.807) is 41.3 Å². The van der Waals surface area contributed by atoms with Gasteiger partial charge in [-0.15, -0.1) is 0 Å².